The summed E-state index contributed by atoms with van der Waals surface area (Å²) < 4.78 is 0. The van der Waals surface area contributed by atoms with Gasteiger partial charge in [-0.3, -0.25) is 5.41 Å². The van der Waals surface area contributed by atoms with Crippen molar-refractivity contribution in [3.05, 3.63) is 23.4 Å². The van der Waals surface area contributed by atoms with Crippen LogP contribution in [0.25, 0.3) is 0 Å². The van der Waals surface area contributed by atoms with E-state index in [2.05, 4.69) is 28.9 Å². The Kier molecular flexibility index (Phi) is 4.04. The van der Waals surface area contributed by atoms with Crippen LogP contribution in [0.15, 0.2) is 12.1 Å². The molecule has 5 nitrogen and oxygen atoms in total. The Balaban J connectivity index is 2.13. The zero-order chi connectivity index (χ0) is 14.0. The number of nitrogens with two attached hydrogens (primary N) is 1. The molecule has 0 atom stereocenters. The van der Waals surface area contributed by atoms with Gasteiger partial charge in [0.05, 0.1) is 0 Å². The van der Waals surface area contributed by atoms with Crippen LogP contribution in [0.5, 0.6) is 0 Å². The van der Waals surface area contributed by atoms with Crippen LogP contribution in [-0.2, 0) is 0 Å². The zero-order valence-electron chi connectivity index (χ0n) is 12.0. The molecule has 0 bridgehead atoms. The Morgan fingerprint density at radius 2 is 2.00 bits per heavy atom. The molecular formula is C14H23N5. The normalized spacial score (nSPS) is 16.9. The molecule has 1 aromatic rings. The summed E-state index contributed by atoms with van der Waals surface area (Å²) in [5, 5.41) is 7.56. The fraction of sp³-hybridized carbons (Fsp3) is 0.571. The fourth-order valence-electron chi connectivity index (χ4n) is 2.58. The summed E-state index contributed by atoms with van der Waals surface area (Å²) in [7, 11) is 4.28. The van der Waals surface area contributed by atoms with E-state index >= 15 is 0 Å². The first-order chi connectivity index (χ1) is 8.97. The molecule has 0 amide bonds. The van der Waals surface area contributed by atoms with Gasteiger partial charge in [0, 0.05) is 30.4 Å². The Morgan fingerprint density at radius 3 is 2.53 bits per heavy atom. The third kappa shape index (κ3) is 3.23. The SMILES string of the molecule is Cc1cc(C(=N)N)cc(N2CCC(N(C)C)CC2)n1. The van der Waals surface area contributed by atoms with Gasteiger partial charge in [-0.2, -0.15) is 0 Å². The molecule has 0 aromatic carbocycles. The minimum absolute atomic E-state index is 0.106. The maximum absolute atomic E-state index is 7.56. The van der Waals surface area contributed by atoms with Crippen LogP contribution >= 0.6 is 0 Å². The van der Waals surface area contributed by atoms with E-state index in [1.807, 2.05) is 19.1 Å². The van der Waals surface area contributed by atoms with E-state index in [1.54, 1.807) is 0 Å². The minimum Gasteiger partial charge on any atom is -0.384 e. The Labute approximate surface area is 114 Å². The van der Waals surface area contributed by atoms with E-state index < -0.39 is 0 Å². The molecule has 19 heavy (non-hydrogen) atoms. The number of hydrogen-bond acceptors (Lipinski definition) is 4. The molecule has 104 valence electrons. The van der Waals surface area contributed by atoms with Crippen molar-refractivity contribution in [3.63, 3.8) is 0 Å². The number of anilines is 1. The number of hydrogen-bond donors (Lipinski definition) is 2. The maximum Gasteiger partial charge on any atom is 0.129 e. The van der Waals surface area contributed by atoms with Crippen molar-refractivity contribution in [2.45, 2.75) is 25.8 Å². The van der Waals surface area contributed by atoms with Gasteiger partial charge < -0.3 is 15.5 Å². The number of piperidine rings is 1. The van der Waals surface area contributed by atoms with Gasteiger partial charge in [-0.15, -0.1) is 0 Å². The summed E-state index contributed by atoms with van der Waals surface area (Å²) in [4.78, 5) is 9.15. The zero-order valence-corrected chi connectivity index (χ0v) is 12.0. The molecule has 1 fully saturated rings. The van der Waals surface area contributed by atoms with E-state index in [-0.39, 0.29) is 5.84 Å². The third-order valence-electron chi connectivity index (χ3n) is 3.77. The van der Waals surface area contributed by atoms with Crippen LogP contribution in [0.2, 0.25) is 0 Å². The van der Waals surface area contributed by atoms with E-state index in [0.717, 1.165) is 43.0 Å². The summed E-state index contributed by atoms with van der Waals surface area (Å²) in [6.07, 6.45) is 2.30. The van der Waals surface area contributed by atoms with Crippen molar-refractivity contribution < 1.29 is 0 Å². The highest BCUT2D eigenvalue weighted by Gasteiger charge is 2.21. The number of nitrogens with zero attached hydrogens (tertiary/aromatic N) is 3. The minimum atomic E-state index is 0.106. The van der Waals surface area contributed by atoms with Gasteiger partial charge >= 0.3 is 0 Å². The summed E-state index contributed by atoms with van der Waals surface area (Å²) in [6.45, 7) is 3.97. The van der Waals surface area contributed by atoms with Gasteiger partial charge in [0.15, 0.2) is 0 Å². The van der Waals surface area contributed by atoms with E-state index in [1.165, 1.54) is 0 Å². The largest absolute Gasteiger partial charge is 0.384 e. The molecule has 1 aromatic heterocycles. The van der Waals surface area contributed by atoms with Crippen molar-refractivity contribution in [1.29, 1.82) is 5.41 Å². The first-order valence-electron chi connectivity index (χ1n) is 6.72. The molecule has 0 spiro atoms. The highest BCUT2D eigenvalue weighted by atomic mass is 15.2. The number of nitrogens with one attached hydrogen (secondary N) is 1. The second kappa shape index (κ2) is 5.57. The quantitative estimate of drug-likeness (QED) is 0.634. The number of nitrogen functional groups attached to an aromatic ring is 1. The molecule has 1 saturated heterocycles. The summed E-state index contributed by atoms with van der Waals surface area (Å²) in [5.41, 5.74) is 7.25. The Morgan fingerprint density at radius 1 is 1.37 bits per heavy atom. The van der Waals surface area contributed by atoms with Crippen LogP contribution in [0.3, 0.4) is 0 Å². The Bertz CT molecular complexity index is 461. The van der Waals surface area contributed by atoms with Crippen LogP contribution in [0.1, 0.15) is 24.1 Å². The van der Waals surface area contributed by atoms with Gasteiger partial charge in [0.25, 0.3) is 0 Å². The molecule has 0 aliphatic carbocycles. The summed E-state index contributed by atoms with van der Waals surface area (Å²) >= 11 is 0. The predicted octanol–water partition coefficient (Wildman–Crippen LogP) is 1.20. The molecule has 3 N–H and O–H groups in total. The van der Waals surface area contributed by atoms with Crippen molar-refractivity contribution >= 4 is 11.7 Å². The van der Waals surface area contributed by atoms with Gasteiger partial charge in [0.2, 0.25) is 0 Å². The van der Waals surface area contributed by atoms with Crippen molar-refractivity contribution in [2.75, 3.05) is 32.1 Å². The number of pyridine rings is 1. The van der Waals surface area contributed by atoms with E-state index in [0.29, 0.717) is 6.04 Å². The molecule has 0 radical (unpaired) electrons. The van der Waals surface area contributed by atoms with Crippen LogP contribution in [-0.4, -0.2) is 48.9 Å². The summed E-state index contributed by atoms with van der Waals surface area (Å²) in [6, 6.07) is 4.44. The third-order valence-corrected chi connectivity index (χ3v) is 3.77. The van der Waals surface area contributed by atoms with E-state index in [9.17, 15) is 0 Å². The molecule has 0 unspecified atom stereocenters. The average molecular weight is 261 g/mol. The highest BCUT2D eigenvalue weighted by molar-refractivity contribution is 5.95. The smallest absolute Gasteiger partial charge is 0.129 e. The fourth-order valence-corrected chi connectivity index (χ4v) is 2.58. The van der Waals surface area contributed by atoms with Crippen molar-refractivity contribution in [2.24, 2.45) is 5.73 Å². The first kappa shape index (κ1) is 13.8. The number of amidine groups is 1. The monoisotopic (exact) mass is 261 g/mol. The van der Waals surface area contributed by atoms with E-state index in [4.69, 9.17) is 11.1 Å². The molecule has 1 aliphatic heterocycles. The molecular weight excluding hydrogens is 238 g/mol. The number of rotatable bonds is 3. The Hall–Kier alpha value is -1.62. The molecule has 1 aliphatic rings. The molecule has 0 saturated carbocycles. The number of aromatic nitrogens is 1. The number of aryl methyl sites for hydroxylation is 1. The van der Waals surface area contributed by atoms with Crippen LogP contribution in [0, 0.1) is 12.3 Å². The van der Waals surface area contributed by atoms with Crippen molar-refractivity contribution in [3.8, 4) is 0 Å². The van der Waals surface area contributed by atoms with Crippen molar-refractivity contribution in [1.82, 2.24) is 9.88 Å². The van der Waals surface area contributed by atoms with Gasteiger partial charge in [0.1, 0.15) is 11.7 Å². The molecule has 5 heteroatoms. The predicted molar refractivity (Wildman–Crippen MR) is 78.9 cm³/mol. The second-order valence-electron chi connectivity index (χ2n) is 5.45. The highest BCUT2D eigenvalue weighted by Crippen LogP contribution is 2.21. The maximum atomic E-state index is 7.56. The lowest BCUT2D eigenvalue weighted by Gasteiger charge is -2.36. The van der Waals surface area contributed by atoms with Gasteiger partial charge in [-0.1, -0.05) is 0 Å². The topological polar surface area (TPSA) is 69.2 Å². The standard InChI is InChI=1S/C14H23N5/c1-10-8-11(14(15)16)9-13(17-10)19-6-4-12(5-7-19)18(2)3/h8-9,12H,4-7H2,1-3H3,(H3,15,16). The van der Waals surface area contributed by atoms with Gasteiger partial charge in [-0.05, 0) is 46.0 Å². The first-order valence-corrected chi connectivity index (χ1v) is 6.72. The summed E-state index contributed by atoms with van der Waals surface area (Å²) in [5.74, 6) is 1.05. The lowest BCUT2D eigenvalue weighted by molar-refractivity contribution is 0.249. The lowest BCUT2D eigenvalue weighted by atomic mass is 10.0. The molecule has 2 rings (SSSR count). The average Bonchev–Trinajstić information content (AvgIpc) is 2.38. The van der Waals surface area contributed by atoms with Crippen LogP contribution < -0.4 is 10.6 Å². The molecule has 2 heterocycles. The lowest BCUT2D eigenvalue weighted by Crippen LogP contribution is -2.42. The van der Waals surface area contributed by atoms with Gasteiger partial charge in [-0.25, -0.2) is 4.98 Å². The second-order valence-corrected chi connectivity index (χ2v) is 5.45. The van der Waals surface area contributed by atoms with Crippen LogP contribution in [0.4, 0.5) is 5.82 Å².